The molecule has 0 spiro atoms. The number of rotatable bonds is 4. The lowest BCUT2D eigenvalue weighted by molar-refractivity contribution is -0.134. The molecule has 0 bridgehead atoms. The van der Waals surface area contributed by atoms with Gasteiger partial charge in [-0.15, -0.1) is 0 Å². The fourth-order valence-corrected chi connectivity index (χ4v) is 4.69. The van der Waals surface area contributed by atoms with Crippen LogP contribution in [0.15, 0.2) is 59.8 Å². The molecule has 4 rings (SSSR count). The number of benzene rings is 2. The number of fused-ring (bicyclic) bond motifs is 1. The first kappa shape index (κ1) is 16.7. The maximum Gasteiger partial charge on any atom is 0.242 e. The zero-order valence-corrected chi connectivity index (χ0v) is 14.6. The molecule has 0 atom stereocenters. The zero-order valence-electron chi connectivity index (χ0n) is 13.7. The molecule has 0 N–H and O–H groups in total. The number of nitrogens with zero attached hydrogens (tertiary/aromatic N) is 3. The van der Waals surface area contributed by atoms with Crippen LogP contribution in [-0.4, -0.2) is 47.1 Å². The van der Waals surface area contributed by atoms with Crippen LogP contribution in [0.2, 0.25) is 0 Å². The van der Waals surface area contributed by atoms with Gasteiger partial charge in [0.2, 0.25) is 5.91 Å². The van der Waals surface area contributed by atoms with E-state index in [9.17, 15) is 17.6 Å². The van der Waals surface area contributed by atoms with Gasteiger partial charge in [0.15, 0.2) is 9.84 Å². The van der Waals surface area contributed by atoms with Gasteiger partial charge in [0.25, 0.3) is 0 Å². The second kappa shape index (κ2) is 6.21. The fraction of sp³-hybridized carbons (Fsp3) is 0.222. The molecule has 1 aromatic heterocycles. The summed E-state index contributed by atoms with van der Waals surface area (Å²) in [6.45, 7) is 0.403. The van der Waals surface area contributed by atoms with Gasteiger partial charge < -0.3 is 9.47 Å². The van der Waals surface area contributed by atoms with Crippen molar-refractivity contribution in [2.24, 2.45) is 0 Å². The Morgan fingerprint density at radius 1 is 1.12 bits per heavy atom. The van der Waals surface area contributed by atoms with E-state index in [0.29, 0.717) is 0 Å². The van der Waals surface area contributed by atoms with Crippen molar-refractivity contribution in [3.8, 4) is 0 Å². The molecule has 1 amide bonds. The molecular weight excluding hydrogens is 357 g/mol. The highest BCUT2D eigenvalue weighted by Gasteiger charge is 2.40. The lowest BCUT2D eigenvalue weighted by Gasteiger charge is -2.38. The lowest BCUT2D eigenvalue weighted by atomic mass is 10.2. The number of likely N-dealkylation sites (tertiary alicyclic amines) is 1. The summed E-state index contributed by atoms with van der Waals surface area (Å²) in [6, 6.07) is 12.3. The Labute approximate surface area is 149 Å². The van der Waals surface area contributed by atoms with Gasteiger partial charge >= 0.3 is 0 Å². The average molecular weight is 373 g/mol. The summed E-state index contributed by atoms with van der Waals surface area (Å²) in [4.78, 5) is 18.3. The van der Waals surface area contributed by atoms with Crippen molar-refractivity contribution in [1.29, 1.82) is 0 Å². The van der Waals surface area contributed by atoms with Crippen molar-refractivity contribution < 1.29 is 17.6 Å². The van der Waals surface area contributed by atoms with Crippen LogP contribution in [0.5, 0.6) is 0 Å². The summed E-state index contributed by atoms with van der Waals surface area (Å²) in [6.07, 6.45) is 1.61. The molecule has 0 saturated carbocycles. The SMILES string of the molecule is O=C(Cn1cnc2ccccc21)N1CC(S(=O)(=O)c2ccc(F)cc2)C1. The number of hydrogen-bond donors (Lipinski definition) is 0. The highest BCUT2D eigenvalue weighted by atomic mass is 32.2. The van der Waals surface area contributed by atoms with E-state index in [-0.39, 0.29) is 30.4 Å². The van der Waals surface area contributed by atoms with Gasteiger partial charge in [-0.05, 0) is 36.4 Å². The van der Waals surface area contributed by atoms with Gasteiger partial charge in [0, 0.05) is 13.1 Å². The highest BCUT2D eigenvalue weighted by molar-refractivity contribution is 7.92. The first-order valence-electron chi connectivity index (χ1n) is 8.12. The van der Waals surface area contributed by atoms with Gasteiger partial charge in [-0.2, -0.15) is 0 Å². The van der Waals surface area contributed by atoms with Crippen molar-refractivity contribution in [2.75, 3.05) is 13.1 Å². The van der Waals surface area contributed by atoms with Crippen LogP contribution >= 0.6 is 0 Å². The minimum Gasteiger partial charge on any atom is -0.338 e. The van der Waals surface area contributed by atoms with E-state index < -0.39 is 20.9 Å². The molecular formula is C18H16FN3O3S. The first-order chi connectivity index (χ1) is 12.4. The number of hydrogen-bond acceptors (Lipinski definition) is 4. The maximum atomic E-state index is 13.0. The summed E-state index contributed by atoms with van der Waals surface area (Å²) >= 11 is 0. The Morgan fingerprint density at radius 3 is 2.54 bits per heavy atom. The third-order valence-corrected chi connectivity index (χ3v) is 6.72. The number of carbonyl (C=O) groups excluding carboxylic acids is 1. The minimum absolute atomic E-state index is 0.0802. The van der Waals surface area contributed by atoms with Gasteiger partial charge in [0.05, 0.1) is 22.3 Å². The summed E-state index contributed by atoms with van der Waals surface area (Å²) < 4.78 is 39.7. The number of carbonyl (C=O) groups is 1. The Bertz CT molecular complexity index is 1070. The normalized spacial score (nSPS) is 15.2. The summed E-state index contributed by atoms with van der Waals surface area (Å²) in [7, 11) is -3.56. The predicted molar refractivity (Wildman–Crippen MR) is 93.7 cm³/mol. The predicted octanol–water partition coefficient (Wildman–Crippen LogP) is 1.86. The molecule has 6 nitrogen and oxygen atoms in total. The van der Waals surface area contributed by atoms with Crippen LogP contribution < -0.4 is 0 Å². The Balaban J connectivity index is 1.42. The largest absolute Gasteiger partial charge is 0.338 e. The monoisotopic (exact) mass is 373 g/mol. The second-order valence-corrected chi connectivity index (χ2v) is 8.51. The van der Waals surface area contributed by atoms with E-state index in [2.05, 4.69) is 4.98 Å². The molecule has 2 heterocycles. The van der Waals surface area contributed by atoms with E-state index in [1.54, 1.807) is 10.9 Å². The van der Waals surface area contributed by atoms with Crippen LogP contribution in [0, 0.1) is 5.82 Å². The average Bonchev–Trinajstić information content (AvgIpc) is 2.97. The Hall–Kier alpha value is -2.74. The molecule has 26 heavy (non-hydrogen) atoms. The van der Waals surface area contributed by atoms with Crippen LogP contribution in [0.1, 0.15) is 0 Å². The Morgan fingerprint density at radius 2 is 1.81 bits per heavy atom. The fourth-order valence-electron chi connectivity index (χ4n) is 3.04. The number of amides is 1. The molecule has 3 aromatic rings. The van der Waals surface area contributed by atoms with E-state index in [1.807, 2.05) is 24.3 Å². The number of imidazole rings is 1. The van der Waals surface area contributed by atoms with Crippen molar-refractivity contribution in [3.05, 3.63) is 60.7 Å². The van der Waals surface area contributed by atoms with Crippen LogP contribution in [0.3, 0.4) is 0 Å². The molecule has 134 valence electrons. The van der Waals surface area contributed by atoms with Gasteiger partial charge in [-0.1, -0.05) is 12.1 Å². The molecule has 0 aliphatic carbocycles. The second-order valence-electron chi connectivity index (χ2n) is 6.28. The molecule has 1 fully saturated rings. The smallest absolute Gasteiger partial charge is 0.242 e. The van der Waals surface area contributed by atoms with Crippen molar-refractivity contribution >= 4 is 26.8 Å². The van der Waals surface area contributed by atoms with Crippen LogP contribution in [0.25, 0.3) is 11.0 Å². The number of aromatic nitrogens is 2. The van der Waals surface area contributed by atoms with Gasteiger partial charge in [0.1, 0.15) is 17.6 Å². The summed E-state index contributed by atoms with van der Waals surface area (Å²) in [5.74, 6) is -0.638. The van der Waals surface area contributed by atoms with Crippen molar-refractivity contribution in [3.63, 3.8) is 0 Å². The molecule has 2 aromatic carbocycles. The number of sulfone groups is 1. The molecule has 0 unspecified atom stereocenters. The molecule has 0 radical (unpaired) electrons. The Kier molecular flexibility index (Phi) is 3.99. The van der Waals surface area contributed by atoms with E-state index >= 15 is 0 Å². The lowest BCUT2D eigenvalue weighted by Crippen LogP contribution is -2.57. The standard InChI is InChI=1S/C18H16FN3O3S/c19-13-5-7-14(8-6-13)26(24,25)15-9-21(10-15)18(23)11-22-12-20-16-3-1-2-4-17(16)22/h1-8,12,15H,9-11H2. The topological polar surface area (TPSA) is 72.3 Å². The molecule has 1 saturated heterocycles. The maximum absolute atomic E-state index is 13.0. The molecule has 8 heteroatoms. The van der Waals surface area contributed by atoms with Crippen LogP contribution in [-0.2, 0) is 21.2 Å². The van der Waals surface area contributed by atoms with Crippen molar-refractivity contribution in [1.82, 2.24) is 14.5 Å². The minimum atomic E-state index is -3.56. The third kappa shape index (κ3) is 2.86. The molecule has 1 aliphatic heterocycles. The number of halogens is 1. The van der Waals surface area contributed by atoms with Gasteiger partial charge in [-0.3, -0.25) is 4.79 Å². The quantitative estimate of drug-likeness (QED) is 0.655. The highest BCUT2D eigenvalue weighted by Crippen LogP contribution is 2.24. The van der Waals surface area contributed by atoms with Gasteiger partial charge in [-0.25, -0.2) is 17.8 Å². The van der Waals surface area contributed by atoms with E-state index in [1.165, 1.54) is 17.0 Å². The van der Waals surface area contributed by atoms with E-state index in [0.717, 1.165) is 23.2 Å². The van der Waals surface area contributed by atoms with E-state index in [4.69, 9.17) is 0 Å². The summed E-state index contributed by atoms with van der Waals surface area (Å²) in [5, 5.41) is -0.656. The number of para-hydroxylation sites is 2. The van der Waals surface area contributed by atoms with Crippen LogP contribution in [0.4, 0.5) is 4.39 Å². The third-order valence-electron chi connectivity index (χ3n) is 4.61. The first-order valence-corrected chi connectivity index (χ1v) is 9.67. The zero-order chi connectivity index (χ0) is 18.3. The summed E-state index contributed by atoms with van der Waals surface area (Å²) in [5.41, 5.74) is 1.66. The van der Waals surface area contributed by atoms with Crippen molar-refractivity contribution in [2.45, 2.75) is 16.7 Å². The molecule has 1 aliphatic rings.